The number of carbonyl (C=O) groups excluding carboxylic acids is 2. The highest BCUT2D eigenvalue weighted by Gasteiger charge is 2.34. The number of benzene rings is 2. The second-order valence-electron chi connectivity index (χ2n) is 7.15. The lowest BCUT2D eigenvalue weighted by molar-refractivity contribution is -0.144. The third kappa shape index (κ3) is 4.27. The molecule has 0 radical (unpaired) electrons. The molecule has 0 bridgehead atoms. The molecule has 1 unspecified atom stereocenters. The van der Waals surface area contributed by atoms with Crippen molar-refractivity contribution in [1.29, 1.82) is 5.26 Å². The van der Waals surface area contributed by atoms with Gasteiger partial charge in [0, 0.05) is 28.9 Å². The first-order valence-corrected chi connectivity index (χ1v) is 10.1. The number of aromatic nitrogens is 1. The zero-order valence-corrected chi connectivity index (χ0v) is 18.3. The maximum Gasteiger partial charge on any atom is 0.319 e. The zero-order chi connectivity index (χ0) is 23.6. The van der Waals surface area contributed by atoms with E-state index in [0.29, 0.717) is 16.1 Å². The summed E-state index contributed by atoms with van der Waals surface area (Å²) in [5, 5.41) is 9.44. The lowest BCUT2D eigenvalue weighted by Gasteiger charge is -2.19. The van der Waals surface area contributed by atoms with E-state index < -0.39 is 29.1 Å². The van der Waals surface area contributed by atoms with Gasteiger partial charge in [-0.3, -0.25) is 9.59 Å². The summed E-state index contributed by atoms with van der Waals surface area (Å²) in [6, 6.07) is 11.2. The van der Waals surface area contributed by atoms with Crippen molar-refractivity contribution in [3.05, 3.63) is 92.8 Å². The van der Waals surface area contributed by atoms with Gasteiger partial charge in [0.1, 0.15) is 17.6 Å². The van der Waals surface area contributed by atoms with Gasteiger partial charge >= 0.3 is 5.97 Å². The van der Waals surface area contributed by atoms with E-state index in [2.05, 4.69) is 0 Å². The molecule has 2 aromatic carbocycles. The summed E-state index contributed by atoms with van der Waals surface area (Å²) in [6.45, 7) is 3.24. The average Bonchev–Trinajstić information content (AvgIpc) is 3.04. The van der Waals surface area contributed by atoms with Gasteiger partial charge in [0.15, 0.2) is 0 Å². The molecule has 0 amide bonds. The molecule has 0 aliphatic heterocycles. The Kier molecular flexibility index (Phi) is 6.75. The molecule has 0 aliphatic rings. The minimum atomic E-state index is -1.47. The first kappa shape index (κ1) is 23.2. The predicted molar refractivity (Wildman–Crippen MR) is 115 cm³/mol. The van der Waals surface area contributed by atoms with E-state index in [0.717, 1.165) is 12.1 Å². The molecule has 0 fully saturated rings. The van der Waals surface area contributed by atoms with Crippen LogP contribution in [0.25, 0.3) is 0 Å². The number of halogens is 3. The molecule has 3 rings (SSSR count). The van der Waals surface area contributed by atoms with E-state index in [1.165, 1.54) is 17.7 Å². The van der Waals surface area contributed by atoms with Gasteiger partial charge in [-0.2, -0.15) is 5.26 Å². The summed E-state index contributed by atoms with van der Waals surface area (Å²) >= 11 is 5.90. The summed E-state index contributed by atoms with van der Waals surface area (Å²) in [5.41, 5.74) is 0.563. The van der Waals surface area contributed by atoms with Gasteiger partial charge in [-0.15, -0.1) is 0 Å². The SMILES string of the molecule is CCOC(=O)C(c1c(F)cc(C#N)cc1F)c1cc(C)c(C(=O)c2ccc(Cl)cc2)n1C. The maximum absolute atomic E-state index is 14.8. The van der Waals surface area contributed by atoms with Crippen molar-refractivity contribution in [2.45, 2.75) is 19.8 Å². The third-order valence-corrected chi connectivity index (χ3v) is 5.35. The lowest BCUT2D eigenvalue weighted by Crippen LogP contribution is -2.23. The molecule has 164 valence electrons. The number of esters is 1. The monoisotopic (exact) mass is 456 g/mol. The topological polar surface area (TPSA) is 72.1 Å². The smallest absolute Gasteiger partial charge is 0.319 e. The second-order valence-corrected chi connectivity index (χ2v) is 7.58. The summed E-state index contributed by atoms with van der Waals surface area (Å²) in [7, 11) is 1.54. The van der Waals surface area contributed by atoms with E-state index in [9.17, 15) is 18.4 Å². The van der Waals surface area contributed by atoms with Crippen molar-refractivity contribution in [3.63, 3.8) is 0 Å². The highest BCUT2D eigenvalue weighted by molar-refractivity contribution is 6.30. The molecular weight excluding hydrogens is 438 g/mol. The molecule has 0 saturated carbocycles. The molecule has 5 nitrogen and oxygen atoms in total. The van der Waals surface area contributed by atoms with Crippen LogP contribution in [0.2, 0.25) is 5.02 Å². The zero-order valence-electron chi connectivity index (χ0n) is 17.6. The van der Waals surface area contributed by atoms with E-state index in [1.54, 1.807) is 44.2 Å². The van der Waals surface area contributed by atoms with Crippen LogP contribution >= 0.6 is 11.6 Å². The van der Waals surface area contributed by atoms with Gasteiger partial charge in [0.05, 0.1) is 23.9 Å². The van der Waals surface area contributed by atoms with Crippen molar-refractivity contribution < 1.29 is 23.1 Å². The molecule has 1 atom stereocenters. The molecule has 0 saturated heterocycles. The van der Waals surface area contributed by atoms with Crippen LogP contribution in [-0.2, 0) is 16.6 Å². The molecule has 0 N–H and O–H groups in total. The molecule has 0 spiro atoms. The third-order valence-electron chi connectivity index (χ3n) is 5.10. The highest BCUT2D eigenvalue weighted by atomic mass is 35.5. The van der Waals surface area contributed by atoms with Crippen LogP contribution in [0.15, 0.2) is 42.5 Å². The number of ether oxygens (including phenoxy) is 1. The average molecular weight is 457 g/mol. The second kappa shape index (κ2) is 9.33. The Morgan fingerprint density at radius 1 is 1.16 bits per heavy atom. The number of hydrogen-bond donors (Lipinski definition) is 0. The van der Waals surface area contributed by atoms with E-state index in [-0.39, 0.29) is 29.3 Å². The summed E-state index contributed by atoms with van der Waals surface area (Å²) in [6.07, 6.45) is 0. The Bertz CT molecular complexity index is 1220. The number of nitriles is 1. The molecule has 32 heavy (non-hydrogen) atoms. The van der Waals surface area contributed by atoms with Gasteiger partial charge in [0.25, 0.3) is 0 Å². The predicted octanol–water partition coefficient (Wildman–Crippen LogP) is 5.06. The van der Waals surface area contributed by atoms with Crippen molar-refractivity contribution in [1.82, 2.24) is 4.57 Å². The number of rotatable bonds is 6. The van der Waals surface area contributed by atoms with Gasteiger partial charge < -0.3 is 9.30 Å². The van der Waals surface area contributed by atoms with Crippen LogP contribution in [-0.4, -0.2) is 22.9 Å². The summed E-state index contributed by atoms with van der Waals surface area (Å²) in [5.74, 6) is -4.79. The van der Waals surface area contributed by atoms with Crippen LogP contribution in [0.1, 0.15) is 51.3 Å². The van der Waals surface area contributed by atoms with Crippen molar-refractivity contribution in [3.8, 4) is 6.07 Å². The molecule has 1 heterocycles. The minimum Gasteiger partial charge on any atom is -0.465 e. The lowest BCUT2D eigenvalue weighted by atomic mass is 9.93. The summed E-state index contributed by atoms with van der Waals surface area (Å²) < 4.78 is 36.2. The number of hydrogen-bond acceptors (Lipinski definition) is 4. The van der Waals surface area contributed by atoms with Gasteiger partial charge in [-0.25, -0.2) is 8.78 Å². The standard InChI is InChI=1S/C24H19ClF2N2O3/c1-4-32-24(31)21(20-17(26)10-14(12-28)11-18(20)27)19-9-13(2)22(29(19)3)23(30)15-5-7-16(25)8-6-15/h5-11,21H,4H2,1-3H3. The molecule has 8 heteroatoms. The quantitative estimate of drug-likeness (QED) is 0.384. The van der Waals surface area contributed by atoms with Gasteiger partial charge in [0.2, 0.25) is 5.78 Å². The van der Waals surface area contributed by atoms with Crippen molar-refractivity contribution in [2.75, 3.05) is 6.61 Å². The Labute approximate surface area is 188 Å². The highest BCUT2D eigenvalue weighted by Crippen LogP contribution is 2.34. The molecule has 0 aliphatic carbocycles. The molecular formula is C24H19ClF2N2O3. The van der Waals surface area contributed by atoms with Crippen LogP contribution in [0, 0.1) is 29.9 Å². The number of ketones is 1. The van der Waals surface area contributed by atoms with Crippen molar-refractivity contribution in [2.24, 2.45) is 7.05 Å². The molecule has 1 aromatic heterocycles. The summed E-state index contributed by atoms with van der Waals surface area (Å²) in [4.78, 5) is 25.9. The normalized spacial score (nSPS) is 11.7. The first-order valence-electron chi connectivity index (χ1n) is 9.71. The van der Waals surface area contributed by atoms with Crippen LogP contribution < -0.4 is 0 Å². The van der Waals surface area contributed by atoms with E-state index in [4.69, 9.17) is 21.6 Å². The van der Waals surface area contributed by atoms with Crippen LogP contribution in [0.5, 0.6) is 0 Å². The van der Waals surface area contributed by atoms with Crippen LogP contribution in [0.4, 0.5) is 8.78 Å². The fourth-order valence-electron chi connectivity index (χ4n) is 3.66. The number of carbonyl (C=O) groups is 2. The Morgan fingerprint density at radius 3 is 2.28 bits per heavy atom. The fraction of sp³-hybridized carbons (Fsp3) is 0.208. The maximum atomic E-state index is 14.8. The Morgan fingerprint density at radius 2 is 1.75 bits per heavy atom. The van der Waals surface area contributed by atoms with Crippen molar-refractivity contribution >= 4 is 23.4 Å². The Balaban J connectivity index is 2.19. The van der Waals surface area contributed by atoms with Crippen LogP contribution in [0.3, 0.4) is 0 Å². The van der Waals surface area contributed by atoms with Gasteiger partial charge in [-0.05, 0) is 61.9 Å². The number of aryl methyl sites for hydroxylation is 1. The van der Waals surface area contributed by atoms with E-state index >= 15 is 0 Å². The number of nitrogens with zero attached hydrogens (tertiary/aromatic N) is 2. The first-order chi connectivity index (χ1) is 15.2. The van der Waals surface area contributed by atoms with Gasteiger partial charge in [-0.1, -0.05) is 11.6 Å². The van der Waals surface area contributed by atoms with E-state index in [1.807, 2.05) is 0 Å². The minimum absolute atomic E-state index is 0.00514. The Hall–Kier alpha value is -3.50. The largest absolute Gasteiger partial charge is 0.465 e. The fourth-order valence-corrected chi connectivity index (χ4v) is 3.79. The molecule has 3 aromatic rings.